The predicted octanol–water partition coefficient (Wildman–Crippen LogP) is 6.99. The van der Waals surface area contributed by atoms with Crippen LogP contribution in [0.2, 0.25) is 0 Å². The van der Waals surface area contributed by atoms with Crippen LogP contribution in [0.1, 0.15) is 51.5 Å². The fourth-order valence-corrected chi connectivity index (χ4v) is 3.04. The van der Waals surface area contributed by atoms with Gasteiger partial charge < -0.3 is 4.74 Å². The lowest BCUT2D eigenvalue weighted by molar-refractivity contribution is 0.206. The summed E-state index contributed by atoms with van der Waals surface area (Å²) in [5, 5.41) is 0.899. The number of unbranched alkanes of at least 4 members (excludes halogenated alkanes) is 3. The maximum atomic E-state index is 6.02. The van der Waals surface area contributed by atoms with Crippen LogP contribution in [-0.4, -0.2) is 6.10 Å². The molecule has 0 aliphatic carbocycles. The van der Waals surface area contributed by atoms with Gasteiger partial charge in [0.15, 0.2) is 0 Å². The molecule has 0 saturated carbocycles. The second-order valence-corrected chi connectivity index (χ2v) is 6.69. The molecule has 0 aliphatic rings. The molecule has 0 aromatic heterocycles. The SMILES string of the molecule is CCCCCCC(C)Oc1ccc(-c2ccc(CBr)cc2)cc1. The Labute approximate surface area is 149 Å². The molecule has 0 aliphatic heterocycles. The van der Waals surface area contributed by atoms with Crippen molar-refractivity contribution in [2.24, 2.45) is 0 Å². The smallest absolute Gasteiger partial charge is 0.119 e. The average molecular weight is 375 g/mol. The van der Waals surface area contributed by atoms with Gasteiger partial charge in [-0.25, -0.2) is 0 Å². The van der Waals surface area contributed by atoms with E-state index < -0.39 is 0 Å². The van der Waals surface area contributed by atoms with Gasteiger partial charge >= 0.3 is 0 Å². The van der Waals surface area contributed by atoms with Crippen molar-refractivity contribution in [3.05, 3.63) is 54.1 Å². The third-order valence-electron chi connectivity index (χ3n) is 4.10. The highest BCUT2D eigenvalue weighted by Crippen LogP contribution is 2.24. The summed E-state index contributed by atoms with van der Waals surface area (Å²) in [7, 11) is 0. The van der Waals surface area contributed by atoms with E-state index in [0.717, 1.165) is 17.5 Å². The molecule has 2 rings (SSSR count). The van der Waals surface area contributed by atoms with Gasteiger partial charge in [-0.3, -0.25) is 0 Å². The van der Waals surface area contributed by atoms with E-state index in [1.165, 1.54) is 42.4 Å². The second-order valence-electron chi connectivity index (χ2n) is 6.13. The van der Waals surface area contributed by atoms with E-state index in [1.807, 2.05) is 0 Å². The second kappa shape index (κ2) is 9.77. The van der Waals surface area contributed by atoms with Gasteiger partial charge in [-0.05, 0) is 48.6 Å². The topological polar surface area (TPSA) is 9.23 Å². The van der Waals surface area contributed by atoms with Crippen LogP contribution in [0.25, 0.3) is 11.1 Å². The maximum Gasteiger partial charge on any atom is 0.119 e. The molecular formula is C21H27BrO. The Morgan fingerprint density at radius 2 is 1.48 bits per heavy atom. The zero-order chi connectivity index (χ0) is 16.5. The minimum absolute atomic E-state index is 0.288. The van der Waals surface area contributed by atoms with Crippen molar-refractivity contribution in [1.82, 2.24) is 0 Å². The zero-order valence-corrected chi connectivity index (χ0v) is 15.8. The van der Waals surface area contributed by atoms with Gasteiger partial charge in [0.1, 0.15) is 5.75 Å². The lowest BCUT2D eigenvalue weighted by atomic mass is 10.0. The maximum absolute atomic E-state index is 6.02. The van der Waals surface area contributed by atoms with Gasteiger partial charge in [0.25, 0.3) is 0 Å². The standard InChI is InChI=1S/C21H27BrO/c1-3-4-5-6-7-17(2)23-21-14-12-20(13-15-21)19-10-8-18(16-22)9-11-19/h8-15,17H,3-7,16H2,1-2H3. The molecule has 0 spiro atoms. The molecule has 2 aromatic carbocycles. The van der Waals surface area contributed by atoms with Gasteiger partial charge in [-0.15, -0.1) is 0 Å². The highest BCUT2D eigenvalue weighted by molar-refractivity contribution is 9.08. The lowest BCUT2D eigenvalue weighted by Crippen LogP contribution is -2.11. The van der Waals surface area contributed by atoms with Crippen LogP contribution >= 0.6 is 15.9 Å². The molecule has 1 unspecified atom stereocenters. The third-order valence-corrected chi connectivity index (χ3v) is 4.74. The Balaban J connectivity index is 1.88. The molecule has 0 saturated heterocycles. The van der Waals surface area contributed by atoms with E-state index in [0.29, 0.717) is 0 Å². The monoisotopic (exact) mass is 374 g/mol. The predicted molar refractivity (Wildman–Crippen MR) is 103 cm³/mol. The van der Waals surface area contributed by atoms with Gasteiger partial charge in [0.05, 0.1) is 6.10 Å². The van der Waals surface area contributed by atoms with Crippen molar-refractivity contribution in [3.8, 4) is 16.9 Å². The van der Waals surface area contributed by atoms with Crippen molar-refractivity contribution in [2.45, 2.75) is 57.4 Å². The summed E-state index contributed by atoms with van der Waals surface area (Å²) in [6.07, 6.45) is 6.61. The van der Waals surface area contributed by atoms with Crippen molar-refractivity contribution < 1.29 is 4.74 Å². The zero-order valence-electron chi connectivity index (χ0n) is 14.2. The van der Waals surface area contributed by atoms with Gasteiger partial charge in [0, 0.05) is 5.33 Å². The van der Waals surface area contributed by atoms with E-state index >= 15 is 0 Å². The highest BCUT2D eigenvalue weighted by atomic mass is 79.9. The Hall–Kier alpha value is -1.28. The van der Waals surface area contributed by atoms with Crippen LogP contribution in [0, 0.1) is 0 Å². The van der Waals surface area contributed by atoms with E-state index in [4.69, 9.17) is 4.74 Å². The van der Waals surface area contributed by atoms with E-state index in [9.17, 15) is 0 Å². The molecule has 2 heteroatoms. The van der Waals surface area contributed by atoms with E-state index in [1.54, 1.807) is 0 Å². The first-order valence-corrected chi connectivity index (χ1v) is 9.77. The number of benzene rings is 2. The minimum Gasteiger partial charge on any atom is -0.491 e. The molecule has 0 amide bonds. The van der Waals surface area contributed by atoms with Crippen molar-refractivity contribution >= 4 is 15.9 Å². The van der Waals surface area contributed by atoms with Gasteiger partial charge in [-0.1, -0.05) is 78.5 Å². The Kier molecular flexibility index (Phi) is 7.67. The summed E-state index contributed by atoms with van der Waals surface area (Å²) < 4.78 is 6.02. The molecular weight excluding hydrogens is 348 g/mol. The molecule has 2 aromatic rings. The summed E-state index contributed by atoms with van der Waals surface area (Å²) in [5.74, 6) is 0.966. The van der Waals surface area contributed by atoms with E-state index in [-0.39, 0.29) is 6.10 Å². The van der Waals surface area contributed by atoms with Crippen molar-refractivity contribution in [3.63, 3.8) is 0 Å². The number of hydrogen-bond acceptors (Lipinski definition) is 1. The number of ether oxygens (including phenoxy) is 1. The van der Waals surface area contributed by atoms with Crippen LogP contribution in [0.5, 0.6) is 5.75 Å². The number of hydrogen-bond donors (Lipinski definition) is 0. The van der Waals surface area contributed by atoms with Crippen LogP contribution in [0.3, 0.4) is 0 Å². The number of alkyl halides is 1. The number of rotatable bonds is 9. The van der Waals surface area contributed by atoms with Gasteiger partial charge in [-0.2, -0.15) is 0 Å². The van der Waals surface area contributed by atoms with Crippen LogP contribution in [0.4, 0.5) is 0 Å². The third kappa shape index (κ3) is 6.02. The molecule has 0 heterocycles. The summed E-state index contributed by atoms with van der Waals surface area (Å²) >= 11 is 3.48. The first kappa shape index (κ1) is 18.1. The number of halogens is 1. The fraction of sp³-hybridized carbons (Fsp3) is 0.429. The molecule has 23 heavy (non-hydrogen) atoms. The van der Waals surface area contributed by atoms with Crippen molar-refractivity contribution in [2.75, 3.05) is 0 Å². The molecule has 0 fully saturated rings. The molecule has 1 atom stereocenters. The molecule has 0 N–H and O–H groups in total. The summed E-state index contributed by atoms with van der Waals surface area (Å²) in [4.78, 5) is 0. The Morgan fingerprint density at radius 3 is 2.04 bits per heavy atom. The van der Waals surface area contributed by atoms with Crippen molar-refractivity contribution in [1.29, 1.82) is 0 Å². The largest absolute Gasteiger partial charge is 0.491 e. The summed E-state index contributed by atoms with van der Waals surface area (Å²) in [6, 6.07) is 17.1. The summed E-state index contributed by atoms with van der Waals surface area (Å²) in [6.45, 7) is 4.41. The quantitative estimate of drug-likeness (QED) is 0.339. The first-order chi connectivity index (χ1) is 11.2. The summed E-state index contributed by atoms with van der Waals surface area (Å²) in [5.41, 5.74) is 3.77. The van der Waals surface area contributed by atoms with Gasteiger partial charge in [0.2, 0.25) is 0 Å². The molecule has 1 nitrogen and oxygen atoms in total. The highest BCUT2D eigenvalue weighted by Gasteiger charge is 2.05. The van der Waals surface area contributed by atoms with E-state index in [2.05, 4.69) is 78.3 Å². The molecule has 0 radical (unpaired) electrons. The minimum atomic E-state index is 0.288. The first-order valence-electron chi connectivity index (χ1n) is 8.65. The average Bonchev–Trinajstić information content (AvgIpc) is 2.59. The Bertz CT molecular complexity index is 559. The normalized spacial score (nSPS) is 12.1. The lowest BCUT2D eigenvalue weighted by Gasteiger charge is -2.15. The Morgan fingerprint density at radius 1 is 0.870 bits per heavy atom. The van der Waals surface area contributed by atoms with Crippen LogP contribution < -0.4 is 4.74 Å². The van der Waals surface area contributed by atoms with Crippen LogP contribution in [0.15, 0.2) is 48.5 Å². The molecule has 0 bridgehead atoms. The molecule has 124 valence electrons. The van der Waals surface area contributed by atoms with Crippen LogP contribution in [-0.2, 0) is 5.33 Å². The fourth-order valence-electron chi connectivity index (χ4n) is 2.66.